The number of hydrogen-bond acceptors (Lipinski definition) is 5. The number of nitrogen functional groups attached to an aromatic ring is 1. The first-order valence-electron chi connectivity index (χ1n) is 6.55. The molecule has 0 aliphatic carbocycles. The van der Waals surface area contributed by atoms with E-state index in [2.05, 4.69) is 10.1 Å². The van der Waals surface area contributed by atoms with E-state index in [0.717, 1.165) is 22.3 Å². The molecule has 0 bridgehead atoms. The number of aryl methyl sites for hydroxylation is 1. The van der Waals surface area contributed by atoms with Crippen molar-refractivity contribution in [3.63, 3.8) is 0 Å². The summed E-state index contributed by atoms with van der Waals surface area (Å²) in [7, 11) is 0. The van der Waals surface area contributed by atoms with Gasteiger partial charge in [0.15, 0.2) is 0 Å². The fourth-order valence-electron chi connectivity index (χ4n) is 2.17. The average molecular weight is 281 g/mol. The molecule has 106 valence electrons. The van der Waals surface area contributed by atoms with Crippen LogP contribution >= 0.6 is 0 Å². The molecule has 0 spiro atoms. The lowest BCUT2D eigenvalue weighted by molar-refractivity contribution is 0.432. The normalized spacial score (nSPS) is 10.8. The number of anilines is 1. The van der Waals surface area contributed by atoms with E-state index in [1.54, 1.807) is 24.3 Å². The van der Waals surface area contributed by atoms with Crippen LogP contribution in [0.25, 0.3) is 22.8 Å². The molecule has 0 fully saturated rings. The highest BCUT2D eigenvalue weighted by Gasteiger charge is 2.14. The van der Waals surface area contributed by atoms with Gasteiger partial charge in [0.05, 0.1) is 0 Å². The third kappa shape index (κ3) is 2.45. The first-order chi connectivity index (χ1) is 10.0. The van der Waals surface area contributed by atoms with E-state index in [-0.39, 0.29) is 5.75 Å². The number of nitrogens with zero attached hydrogens (tertiary/aromatic N) is 2. The molecule has 0 aliphatic rings. The lowest BCUT2D eigenvalue weighted by Gasteiger charge is -2.06. The highest BCUT2D eigenvalue weighted by atomic mass is 16.5. The Kier molecular flexibility index (Phi) is 3.10. The molecule has 5 heteroatoms. The van der Waals surface area contributed by atoms with E-state index in [4.69, 9.17) is 10.3 Å². The minimum atomic E-state index is 0.199. The van der Waals surface area contributed by atoms with Gasteiger partial charge in [-0.15, -0.1) is 0 Å². The molecular formula is C16H15N3O2. The summed E-state index contributed by atoms with van der Waals surface area (Å²) < 4.78 is 5.35. The summed E-state index contributed by atoms with van der Waals surface area (Å²) in [5.41, 5.74) is 10.3. The molecule has 3 N–H and O–H groups in total. The second-order valence-electron chi connectivity index (χ2n) is 4.98. The molecule has 0 atom stereocenters. The van der Waals surface area contributed by atoms with E-state index in [9.17, 15) is 5.11 Å². The molecule has 3 rings (SSSR count). The Morgan fingerprint density at radius 1 is 1.10 bits per heavy atom. The van der Waals surface area contributed by atoms with Gasteiger partial charge in [0.2, 0.25) is 5.82 Å². The van der Waals surface area contributed by atoms with Crippen molar-refractivity contribution >= 4 is 5.69 Å². The van der Waals surface area contributed by atoms with Crippen LogP contribution in [0.1, 0.15) is 11.1 Å². The van der Waals surface area contributed by atoms with Crippen molar-refractivity contribution in [3.05, 3.63) is 47.5 Å². The lowest BCUT2D eigenvalue weighted by Crippen LogP contribution is -1.93. The van der Waals surface area contributed by atoms with Crippen molar-refractivity contribution in [2.24, 2.45) is 0 Å². The van der Waals surface area contributed by atoms with Gasteiger partial charge in [-0.3, -0.25) is 0 Å². The van der Waals surface area contributed by atoms with Crippen molar-refractivity contribution in [1.29, 1.82) is 0 Å². The van der Waals surface area contributed by atoms with Crippen molar-refractivity contribution < 1.29 is 9.63 Å². The molecule has 0 radical (unpaired) electrons. The second-order valence-corrected chi connectivity index (χ2v) is 4.98. The van der Waals surface area contributed by atoms with E-state index >= 15 is 0 Å². The summed E-state index contributed by atoms with van der Waals surface area (Å²) in [4.78, 5) is 4.41. The van der Waals surface area contributed by atoms with Crippen LogP contribution in [0.15, 0.2) is 40.9 Å². The summed E-state index contributed by atoms with van der Waals surface area (Å²) in [5, 5.41) is 13.3. The molecule has 2 aromatic carbocycles. The zero-order valence-corrected chi connectivity index (χ0v) is 11.8. The number of phenols is 1. The maximum atomic E-state index is 9.31. The number of aromatic hydroxyl groups is 1. The summed E-state index contributed by atoms with van der Waals surface area (Å²) in [6.07, 6.45) is 0. The summed E-state index contributed by atoms with van der Waals surface area (Å²) in [6.45, 7) is 3.99. The highest BCUT2D eigenvalue weighted by Crippen LogP contribution is 2.29. The second kappa shape index (κ2) is 4.94. The molecule has 5 nitrogen and oxygen atoms in total. The number of phenolic OH excluding ortho intramolecular Hbond substituents is 1. The highest BCUT2D eigenvalue weighted by molar-refractivity contribution is 5.68. The topological polar surface area (TPSA) is 85.2 Å². The van der Waals surface area contributed by atoms with E-state index in [0.29, 0.717) is 17.4 Å². The Labute approximate surface area is 122 Å². The number of nitrogens with two attached hydrogens (primary N) is 1. The number of benzene rings is 2. The molecular weight excluding hydrogens is 266 g/mol. The van der Waals surface area contributed by atoms with Crippen LogP contribution in [0.3, 0.4) is 0 Å². The summed E-state index contributed by atoms with van der Waals surface area (Å²) in [6, 6.07) is 10.4. The molecule has 1 heterocycles. The van der Waals surface area contributed by atoms with Crippen LogP contribution in [0, 0.1) is 13.8 Å². The Balaban J connectivity index is 2.04. The van der Waals surface area contributed by atoms with Gasteiger partial charge in [0.25, 0.3) is 5.89 Å². The predicted molar refractivity (Wildman–Crippen MR) is 80.7 cm³/mol. The van der Waals surface area contributed by atoms with Crippen LogP contribution < -0.4 is 5.73 Å². The molecule has 1 aromatic heterocycles. The first kappa shape index (κ1) is 13.2. The first-order valence-corrected chi connectivity index (χ1v) is 6.55. The quantitative estimate of drug-likeness (QED) is 0.704. The number of hydrogen-bond donors (Lipinski definition) is 2. The van der Waals surface area contributed by atoms with Crippen LogP contribution in [-0.2, 0) is 0 Å². The monoisotopic (exact) mass is 281 g/mol. The van der Waals surface area contributed by atoms with Crippen LogP contribution in [0.4, 0.5) is 5.69 Å². The zero-order chi connectivity index (χ0) is 15.0. The fourth-order valence-corrected chi connectivity index (χ4v) is 2.17. The van der Waals surface area contributed by atoms with E-state index in [1.807, 2.05) is 26.0 Å². The van der Waals surface area contributed by atoms with Gasteiger partial charge < -0.3 is 15.4 Å². The van der Waals surface area contributed by atoms with Gasteiger partial charge in [-0.25, -0.2) is 0 Å². The molecule has 21 heavy (non-hydrogen) atoms. The third-order valence-electron chi connectivity index (χ3n) is 3.47. The maximum absolute atomic E-state index is 9.31. The number of aromatic nitrogens is 2. The van der Waals surface area contributed by atoms with E-state index in [1.165, 1.54) is 0 Å². The molecule has 0 aliphatic heterocycles. The Hall–Kier alpha value is -2.82. The Morgan fingerprint density at radius 3 is 2.52 bits per heavy atom. The fraction of sp³-hybridized carbons (Fsp3) is 0.125. The standard InChI is InChI=1S/C16H15N3O2/c1-9-7-12(17)8-14(10(9)2)16-18-15(19-21-16)11-3-5-13(20)6-4-11/h3-8,20H,17H2,1-2H3. The molecule has 0 unspecified atom stereocenters. The SMILES string of the molecule is Cc1cc(N)cc(-c2nc(-c3ccc(O)cc3)no2)c1C. The van der Waals surface area contributed by atoms with Crippen LogP contribution in [0.2, 0.25) is 0 Å². The predicted octanol–water partition coefficient (Wildman–Crippen LogP) is 3.31. The van der Waals surface area contributed by atoms with Gasteiger partial charge in [0.1, 0.15) is 5.75 Å². The molecule has 0 saturated heterocycles. The van der Waals surface area contributed by atoms with Gasteiger partial charge in [-0.05, 0) is 61.4 Å². The summed E-state index contributed by atoms with van der Waals surface area (Å²) >= 11 is 0. The average Bonchev–Trinajstić information content (AvgIpc) is 2.93. The van der Waals surface area contributed by atoms with Gasteiger partial charge >= 0.3 is 0 Å². The van der Waals surface area contributed by atoms with Gasteiger partial charge in [0, 0.05) is 16.8 Å². The van der Waals surface area contributed by atoms with Crippen LogP contribution in [-0.4, -0.2) is 15.2 Å². The van der Waals surface area contributed by atoms with Crippen LogP contribution in [0.5, 0.6) is 5.75 Å². The van der Waals surface area contributed by atoms with Crippen molar-refractivity contribution in [2.75, 3.05) is 5.73 Å². The Bertz CT molecular complexity index is 792. The minimum absolute atomic E-state index is 0.199. The van der Waals surface area contributed by atoms with Gasteiger partial charge in [-0.2, -0.15) is 4.98 Å². The lowest BCUT2D eigenvalue weighted by atomic mass is 10.0. The Morgan fingerprint density at radius 2 is 1.81 bits per heavy atom. The molecule has 3 aromatic rings. The van der Waals surface area contributed by atoms with Gasteiger partial charge in [-0.1, -0.05) is 5.16 Å². The van der Waals surface area contributed by atoms with Crippen molar-refractivity contribution in [2.45, 2.75) is 13.8 Å². The molecule has 0 saturated carbocycles. The van der Waals surface area contributed by atoms with Crippen molar-refractivity contribution in [1.82, 2.24) is 10.1 Å². The maximum Gasteiger partial charge on any atom is 0.258 e. The van der Waals surface area contributed by atoms with Crippen molar-refractivity contribution in [3.8, 4) is 28.6 Å². The third-order valence-corrected chi connectivity index (χ3v) is 3.47. The minimum Gasteiger partial charge on any atom is -0.508 e. The largest absolute Gasteiger partial charge is 0.508 e. The summed E-state index contributed by atoms with van der Waals surface area (Å²) in [5.74, 6) is 1.11. The van der Waals surface area contributed by atoms with E-state index < -0.39 is 0 Å². The smallest absolute Gasteiger partial charge is 0.258 e. The molecule has 0 amide bonds. The number of rotatable bonds is 2. The zero-order valence-electron chi connectivity index (χ0n) is 11.8.